The van der Waals surface area contributed by atoms with Gasteiger partial charge in [-0.25, -0.2) is 0 Å². The number of morpholine rings is 2. The molecule has 5 heteroatoms. The molecule has 0 saturated carbocycles. The molecule has 2 aliphatic rings. The summed E-state index contributed by atoms with van der Waals surface area (Å²) in [5.74, 6) is 0.216. The summed E-state index contributed by atoms with van der Waals surface area (Å²) in [5, 5.41) is 0. The van der Waals surface area contributed by atoms with Crippen molar-refractivity contribution in [3.8, 4) is 0 Å². The fourth-order valence-corrected chi connectivity index (χ4v) is 2.31. The molecule has 0 N–H and O–H groups in total. The van der Waals surface area contributed by atoms with E-state index in [2.05, 4.69) is 18.9 Å². The predicted octanol–water partition coefficient (Wildman–Crippen LogP) is -0.0440. The van der Waals surface area contributed by atoms with Gasteiger partial charge in [-0.3, -0.25) is 9.69 Å². The lowest BCUT2D eigenvalue weighted by Gasteiger charge is -2.43. The Bertz CT molecular complexity index is 279. The van der Waals surface area contributed by atoms with Crippen LogP contribution in [0, 0.1) is 0 Å². The molecule has 2 rings (SSSR count). The van der Waals surface area contributed by atoms with Crippen LogP contribution in [-0.4, -0.2) is 74.4 Å². The van der Waals surface area contributed by atoms with Crippen LogP contribution in [0.25, 0.3) is 0 Å². The van der Waals surface area contributed by atoms with Crippen LogP contribution in [-0.2, 0) is 14.3 Å². The SMILES string of the molecule is CN1CCOCC1(C)CC(=O)N1CCOCC1. The number of nitrogens with zero attached hydrogens (tertiary/aromatic N) is 2. The van der Waals surface area contributed by atoms with E-state index < -0.39 is 0 Å². The summed E-state index contributed by atoms with van der Waals surface area (Å²) in [7, 11) is 2.06. The van der Waals surface area contributed by atoms with E-state index in [0.29, 0.717) is 26.2 Å². The number of carbonyl (C=O) groups excluding carboxylic acids is 1. The summed E-state index contributed by atoms with van der Waals surface area (Å²) >= 11 is 0. The van der Waals surface area contributed by atoms with Crippen molar-refractivity contribution in [2.45, 2.75) is 18.9 Å². The van der Waals surface area contributed by atoms with Crippen molar-refractivity contribution in [3.05, 3.63) is 0 Å². The minimum atomic E-state index is -0.159. The fourth-order valence-electron chi connectivity index (χ4n) is 2.31. The number of hydrogen-bond donors (Lipinski definition) is 0. The maximum absolute atomic E-state index is 12.2. The Hall–Kier alpha value is -0.650. The van der Waals surface area contributed by atoms with Crippen LogP contribution in [0.1, 0.15) is 13.3 Å². The van der Waals surface area contributed by atoms with Crippen molar-refractivity contribution < 1.29 is 14.3 Å². The van der Waals surface area contributed by atoms with E-state index in [1.165, 1.54) is 0 Å². The lowest BCUT2D eigenvalue weighted by atomic mass is 9.95. The van der Waals surface area contributed by atoms with Crippen molar-refractivity contribution in [2.24, 2.45) is 0 Å². The molecule has 2 heterocycles. The van der Waals surface area contributed by atoms with E-state index in [-0.39, 0.29) is 11.4 Å². The van der Waals surface area contributed by atoms with Gasteiger partial charge in [0.1, 0.15) is 0 Å². The number of likely N-dealkylation sites (N-methyl/N-ethyl adjacent to an activating group) is 1. The van der Waals surface area contributed by atoms with Crippen LogP contribution in [0.5, 0.6) is 0 Å². The molecule has 0 aromatic heterocycles. The van der Waals surface area contributed by atoms with Crippen molar-refractivity contribution in [1.29, 1.82) is 0 Å². The highest BCUT2D eigenvalue weighted by Crippen LogP contribution is 2.23. The van der Waals surface area contributed by atoms with Crippen LogP contribution in [0.3, 0.4) is 0 Å². The van der Waals surface area contributed by atoms with Crippen molar-refractivity contribution in [3.63, 3.8) is 0 Å². The number of amides is 1. The zero-order valence-corrected chi connectivity index (χ0v) is 10.8. The van der Waals surface area contributed by atoms with Crippen molar-refractivity contribution in [1.82, 2.24) is 9.80 Å². The third-order valence-corrected chi connectivity index (χ3v) is 3.80. The smallest absolute Gasteiger partial charge is 0.224 e. The normalized spacial score (nSPS) is 31.5. The Morgan fingerprint density at radius 1 is 1.18 bits per heavy atom. The molecule has 0 spiro atoms. The summed E-state index contributed by atoms with van der Waals surface area (Å²) in [4.78, 5) is 16.3. The van der Waals surface area contributed by atoms with E-state index in [4.69, 9.17) is 9.47 Å². The number of ether oxygens (including phenoxy) is 2. The zero-order chi connectivity index (χ0) is 12.3. The largest absolute Gasteiger partial charge is 0.378 e. The Labute approximate surface area is 103 Å². The first-order valence-electron chi connectivity index (χ1n) is 6.26. The minimum Gasteiger partial charge on any atom is -0.378 e. The van der Waals surface area contributed by atoms with Crippen molar-refractivity contribution in [2.75, 3.05) is 53.1 Å². The number of carbonyl (C=O) groups is 1. The minimum absolute atomic E-state index is 0.159. The first-order chi connectivity index (χ1) is 8.12. The summed E-state index contributed by atoms with van der Waals surface area (Å²) in [6, 6.07) is 0. The maximum atomic E-state index is 12.2. The highest BCUT2D eigenvalue weighted by Gasteiger charge is 2.36. The Morgan fingerprint density at radius 3 is 2.47 bits per heavy atom. The van der Waals surface area contributed by atoms with Gasteiger partial charge in [-0.15, -0.1) is 0 Å². The van der Waals surface area contributed by atoms with Gasteiger partial charge in [0.15, 0.2) is 0 Å². The van der Waals surface area contributed by atoms with Crippen LogP contribution in [0.4, 0.5) is 0 Å². The highest BCUT2D eigenvalue weighted by atomic mass is 16.5. The third-order valence-electron chi connectivity index (χ3n) is 3.80. The molecular weight excluding hydrogens is 220 g/mol. The molecule has 1 unspecified atom stereocenters. The van der Waals surface area contributed by atoms with Gasteiger partial charge in [-0.2, -0.15) is 0 Å². The van der Waals surface area contributed by atoms with Crippen LogP contribution < -0.4 is 0 Å². The molecule has 1 atom stereocenters. The Morgan fingerprint density at radius 2 is 1.82 bits per heavy atom. The molecule has 0 radical (unpaired) electrons. The van der Waals surface area contributed by atoms with Gasteiger partial charge in [0.05, 0.1) is 26.4 Å². The Balaban J connectivity index is 1.91. The average molecular weight is 242 g/mol. The molecule has 1 amide bonds. The van der Waals surface area contributed by atoms with Gasteiger partial charge in [0, 0.05) is 31.6 Å². The second-order valence-corrected chi connectivity index (χ2v) is 5.14. The van der Waals surface area contributed by atoms with Crippen LogP contribution >= 0.6 is 0 Å². The third kappa shape index (κ3) is 2.97. The van der Waals surface area contributed by atoms with Gasteiger partial charge in [0.2, 0.25) is 5.91 Å². The van der Waals surface area contributed by atoms with E-state index in [0.717, 1.165) is 26.2 Å². The highest BCUT2D eigenvalue weighted by molar-refractivity contribution is 5.77. The number of rotatable bonds is 2. The summed E-state index contributed by atoms with van der Waals surface area (Å²) in [6.07, 6.45) is 0.531. The topological polar surface area (TPSA) is 42.0 Å². The second-order valence-electron chi connectivity index (χ2n) is 5.14. The first kappa shape index (κ1) is 12.8. The molecule has 2 fully saturated rings. The molecule has 0 aromatic rings. The second kappa shape index (κ2) is 5.33. The lowest BCUT2D eigenvalue weighted by Crippen LogP contribution is -2.56. The molecule has 2 aliphatic heterocycles. The Kier molecular flexibility index (Phi) is 4.01. The molecule has 98 valence electrons. The monoisotopic (exact) mass is 242 g/mol. The van der Waals surface area contributed by atoms with Crippen LogP contribution in [0.2, 0.25) is 0 Å². The quantitative estimate of drug-likeness (QED) is 0.681. The average Bonchev–Trinajstić information content (AvgIpc) is 2.34. The first-order valence-corrected chi connectivity index (χ1v) is 6.26. The van der Waals surface area contributed by atoms with Gasteiger partial charge >= 0.3 is 0 Å². The van der Waals surface area contributed by atoms with E-state index in [1.54, 1.807) is 0 Å². The molecular formula is C12H22N2O3. The van der Waals surface area contributed by atoms with Gasteiger partial charge in [-0.05, 0) is 14.0 Å². The van der Waals surface area contributed by atoms with E-state index in [1.807, 2.05) is 4.90 Å². The molecule has 0 bridgehead atoms. The molecule has 5 nitrogen and oxygen atoms in total. The van der Waals surface area contributed by atoms with Gasteiger partial charge in [-0.1, -0.05) is 0 Å². The van der Waals surface area contributed by atoms with E-state index in [9.17, 15) is 4.79 Å². The zero-order valence-electron chi connectivity index (χ0n) is 10.8. The standard InChI is InChI=1S/C12H22N2O3/c1-12(10-17-6-3-13(12)2)9-11(15)14-4-7-16-8-5-14/h3-10H2,1-2H3. The number of hydrogen-bond acceptors (Lipinski definition) is 4. The predicted molar refractivity (Wildman–Crippen MR) is 63.9 cm³/mol. The molecule has 2 saturated heterocycles. The maximum Gasteiger partial charge on any atom is 0.224 e. The van der Waals surface area contributed by atoms with E-state index >= 15 is 0 Å². The molecule has 17 heavy (non-hydrogen) atoms. The molecule has 0 aliphatic carbocycles. The van der Waals surface area contributed by atoms with Crippen LogP contribution in [0.15, 0.2) is 0 Å². The summed E-state index contributed by atoms with van der Waals surface area (Å²) < 4.78 is 10.8. The summed E-state index contributed by atoms with van der Waals surface area (Å²) in [5.41, 5.74) is -0.159. The summed E-state index contributed by atoms with van der Waals surface area (Å²) in [6.45, 7) is 7.16. The fraction of sp³-hybridized carbons (Fsp3) is 0.917. The van der Waals surface area contributed by atoms with Gasteiger partial charge < -0.3 is 14.4 Å². The van der Waals surface area contributed by atoms with Crippen molar-refractivity contribution >= 4 is 5.91 Å². The molecule has 0 aromatic carbocycles. The lowest BCUT2D eigenvalue weighted by molar-refractivity contribution is -0.141. The van der Waals surface area contributed by atoms with Gasteiger partial charge in [0.25, 0.3) is 0 Å².